The van der Waals surface area contributed by atoms with Gasteiger partial charge in [-0.3, -0.25) is 4.98 Å². The van der Waals surface area contributed by atoms with E-state index in [1.807, 2.05) is 32.0 Å². The highest BCUT2D eigenvalue weighted by atomic mass is 16.4. The summed E-state index contributed by atoms with van der Waals surface area (Å²) >= 11 is 0. The average molecular weight is 222 g/mol. The Morgan fingerprint density at radius 1 is 1.56 bits per heavy atom. The lowest BCUT2D eigenvalue weighted by Crippen LogP contribution is -2.33. The smallest absolute Gasteiger partial charge is 0.140 e. The summed E-state index contributed by atoms with van der Waals surface area (Å²) in [6.45, 7) is 4.02. The van der Waals surface area contributed by atoms with Crippen molar-refractivity contribution < 1.29 is 5.21 Å². The molecule has 0 aliphatic carbocycles. The Morgan fingerprint density at radius 3 is 2.88 bits per heavy atom. The van der Waals surface area contributed by atoms with Gasteiger partial charge < -0.3 is 16.3 Å². The van der Waals surface area contributed by atoms with Crippen LogP contribution in [-0.4, -0.2) is 22.1 Å². The van der Waals surface area contributed by atoms with Gasteiger partial charge in [-0.25, -0.2) is 0 Å². The number of oxime groups is 1. The molecule has 5 heteroatoms. The van der Waals surface area contributed by atoms with Gasteiger partial charge >= 0.3 is 0 Å². The van der Waals surface area contributed by atoms with E-state index in [-0.39, 0.29) is 17.9 Å². The van der Waals surface area contributed by atoms with E-state index in [2.05, 4.69) is 15.5 Å². The van der Waals surface area contributed by atoms with E-state index in [1.165, 1.54) is 0 Å². The van der Waals surface area contributed by atoms with Gasteiger partial charge in [0.25, 0.3) is 0 Å². The molecule has 5 nitrogen and oxygen atoms in total. The Bertz CT molecular complexity index is 339. The highest BCUT2D eigenvalue weighted by Crippen LogP contribution is 2.09. The number of nitrogens with two attached hydrogens (primary N) is 1. The van der Waals surface area contributed by atoms with Crippen LogP contribution in [0.1, 0.15) is 32.0 Å². The van der Waals surface area contributed by atoms with Crippen molar-refractivity contribution in [3.05, 3.63) is 30.1 Å². The van der Waals surface area contributed by atoms with Gasteiger partial charge in [-0.2, -0.15) is 0 Å². The largest absolute Gasteiger partial charge is 0.409 e. The van der Waals surface area contributed by atoms with Gasteiger partial charge in [0.05, 0.1) is 5.69 Å². The summed E-state index contributed by atoms with van der Waals surface area (Å²) in [7, 11) is 0. The van der Waals surface area contributed by atoms with Crippen LogP contribution in [0, 0.1) is 0 Å². The Hall–Kier alpha value is -1.62. The van der Waals surface area contributed by atoms with Gasteiger partial charge in [-0.05, 0) is 26.0 Å². The molecule has 1 heterocycles. The minimum Gasteiger partial charge on any atom is -0.409 e. The highest BCUT2D eigenvalue weighted by Gasteiger charge is 2.11. The second kappa shape index (κ2) is 6.07. The van der Waals surface area contributed by atoms with Crippen LogP contribution in [0.15, 0.2) is 29.6 Å². The van der Waals surface area contributed by atoms with Gasteiger partial charge in [0, 0.05) is 24.7 Å². The van der Waals surface area contributed by atoms with E-state index in [4.69, 9.17) is 10.9 Å². The number of hydrogen-bond acceptors (Lipinski definition) is 4. The molecule has 0 fully saturated rings. The molecule has 16 heavy (non-hydrogen) atoms. The highest BCUT2D eigenvalue weighted by molar-refractivity contribution is 5.80. The molecule has 2 atom stereocenters. The molecule has 0 saturated carbocycles. The van der Waals surface area contributed by atoms with E-state index in [1.54, 1.807) is 6.20 Å². The van der Waals surface area contributed by atoms with E-state index < -0.39 is 0 Å². The van der Waals surface area contributed by atoms with Gasteiger partial charge in [0.2, 0.25) is 0 Å². The normalized spacial score (nSPS) is 15.8. The molecule has 0 spiro atoms. The summed E-state index contributed by atoms with van der Waals surface area (Å²) in [4.78, 5) is 4.26. The van der Waals surface area contributed by atoms with Gasteiger partial charge in [-0.1, -0.05) is 11.2 Å². The standard InChI is InChI=1S/C11H18N4O/c1-8(7-11(12)15-16)14-9(2)10-5-3-4-6-13-10/h3-6,8-9,14,16H,7H2,1-2H3,(H2,12,15)/t8?,9-/m1/s1. The van der Waals surface area contributed by atoms with Crippen molar-refractivity contribution >= 4 is 5.84 Å². The fourth-order valence-corrected chi connectivity index (χ4v) is 1.56. The molecular formula is C11H18N4O. The molecule has 0 radical (unpaired) electrons. The van der Waals surface area contributed by atoms with Crippen LogP contribution in [0.2, 0.25) is 0 Å². The van der Waals surface area contributed by atoms with Crippen LogP contribution in [-0.2, 0) is 0 Å². The third-order valence-electron chi connectivity index (χ3n) is 2.31. The molecule has 1 aromatic rings. The van der Waals surface area contributed by atoms with Crippen molar-refractivity contribution in [3.63, 3.8) is 0 Å². The molecule has 4 N–H and O–H groups in total. The first-order chi connectivity index (χ1) is 7.63. The maximum atomic E-state index is 8.46. The first-order valence-corrected chi connectivity index (χ1v) is 5.27. The number of nitrogens with one attached hydrogen (secondary N) is 1. The Morgan fingerprint density at radius 2 is 2.31 bits per heavy atom. The molecule has 0 aliphatic heterocycles. The van der Waals surface area contributed by atoms with E-state index >= 15 is 0 Å². The summed E-state index contributed by atoms with van der Waals surface area (Å²) < 4.78 is 0. The minimum absolute atomic E-state index is 0.132. The summed E-state index contributed by atoms with van der Waals surface area (Å²) in [5, 5.41) is 14.7. The molecule has 88 valence electrons. The van der Waals surface area contributed by atoms with Crippen molar-refractivity contribution in [1.82, 2.24) is 10.3 Å². The second-order valence-corrected chi connectivity index (χ2v) is 3.84. The van der Waals surface area contributed by atoms with Crippen molar-refractivity contribution in [3.8, 4) is 0 Å². The van der Waals surface area contributed by atoms with Crippen molar-refractivity contribution in [2.75, 3.05) is 0 Å². The molecule has 0 aromatic carbocycles. The van der Waals surface area contributed by atoms with Crippen LogP contribution in [0.3, 0.4) is 0 Å². The summed E-state index contributed by atoms with van der Waals surface area (Å²) in [6.07, 6.45) is 2.27. The predicted molar refractivity (Wildman–Crippen MR) is 63.3 cm³/mol. The maximum Gasteiger partial charge on any atom is 0.140 e. The molecule has 1 unspecified atom stereocenters. The van der Waals surface area contributed by atoms with Gasteiger partial charge in [-0.15, -0.1) is 0 Å². The molecule has 0 bridgehead atoms. The monoisotopic (exact) mass is 222 g/mol. The lowest BCUT2D eigenvalue weighted by molar-refractivity contribution is 0.315. The number of nitrogens with zero attached hydrogens (tertiary/aromatic N) is 2. The molecule has 1 aromatic heterocycles. The number of aromatic nitrogens is 1. The van der Waals surface area contributed by atoms with Crippen LogP contribution < -0.4 is 11.1 Å². The van der Waals surface area contributed by atoms with E-state index in [0.717, 1.165) is 5.69 Å². The Labute approximate surface area is 95.4 Å². The van der Waals surface area contributed by atoms with Crippen molar-refractivity contribution in [1.29, 1.82) is 0 Å². The Balaban J connectivity index is 2.48. The van der Waals surface area contributed by atoms with Crippen LogP contribution >= 0.6 is 0 Å². The maximum absolute atomic E-state index is 8.46. The predicted octanol–water partition coefficient (Wildman–Crippen LogP) is 1.26. The first kappa shape index (κ1) is 12.4. The first-order valence-electron chi connectivity index (χ1n) is 5.27. The lowest BCUT2D eigenvalue weighted by Gasteiger charge is -2.18. The van der Waals surface area contributed by atoms with Crippen molar-refractivity contribution in [2.45, 2.75) is 32.4 Å². The summed E-state index contributed by atoms with van der Waals surface area (Å²) in [5.41, 5.74) is 6.41. The van der Waals surface area contributed by atoms with E-state index in [0.29, 0.717) is 6.42 Å². The number of hydrogen-bond donors (Lipinski definition) is 3. The van der Waals surface area contributed by atoms with Crippen LogP contribution in [0.4, 0.5) is 0 Å². The quantitative estimate of drug-likeness (QED) is 0.303. The number of rotatable bonds is 5. The molecular weight excluding hydrogens is 204 g/mol. The molecule has 0 aliphatic rings. The third kappa shape index (κ3) is 3.86. The number of pyridine rings is 1. The zero-order valence-electron chi connectivity index (χ0n) is 9.59. The van der Waals surface area contributed by atoms with Crippen molar-refractivity contribution in [2.24, 2.45) is 10.9 Å². The van der Waals surface area contributed by atoms with Gasteiger partial charge in [0.15, 0.2) is 0 Å². The van der Waals surface area contributed by atoms with Crippen LogP contribution in [0.5, 0.6) is 0 Å². The minimum atomic E-state index is 0.132. The molecule has 0 saturated heterocycles. The van der Waals surface area contributed by atoms with E-state index in [9.17, 15) is 0 Å². The average Bonchev–Trinajstić information content (AvgIpc) is 2.29. The molecule has 1 rings (SSSR count). The zero-order chi connectivity index (χ0) is 12.0. The zero-order valence-corrected chi connectivity index (χ0v) is 9.59. The molecule has 0 amide bonds. The lowest BCUT2D eigenvalue weighted by atomic mass is 10.1. The van der Waals surface area contributed by atoms with Gasteiger partial charge in [0.1, 0.15) is 5.84 Å². The SMILES string of the molecule is CC(C/C(N)=N/O)N[C@H](C)c1ccccn1. The topological polar surface area (TPSA) is 83.5 Å². The fraction of sp³-hybridized carbons (Fsp3) is 0.455. The Kier molecular flexibility index (Phi) is 4.72. The summed E-state index contributed by atoms with van der Waals surface area (Å²) in [6, 6.07) is 6.08. The third-order valence-corrected chi connectivity index (χ3v) is 2.31. The number of amidine groups is 1. The van der Waals surface area contributed by atoms with Crippen LogP contribution in [0.25, 0.3) is 0 Å². The second-order valence-electron chi connectivity index (χ2n) is 3.84. The summed E-state index contributed by atoms with van der Waals surface area (Å²) in [5.74, 6) is 0.230. The fourth-order valence-electron chi connectivity index (χ4n) is 1.56.